The summed E-state index contributed by atoms with van der Waals surface area (Å²) in [6.45, 7) is 0.567. The summed E-state index contributed by atoms with van der Waals surface area (Å²) >= 11 is 5.79. The molecular weight excluding hydrogens is 309 g/mol. The van der Waals surface area contributed by atoms with Crippen molar-refractivity contribution in [2.24, 2.45) is 0 Å². The minimum absolute atomic E-state index is 0.0129. The summed E-state index contributed by atoms with van der Waals surface area (Å²) in [4.78, 5) is 15.0. The number of alkyl halides is 3. The summed E-state index contributed by atoms with van der Waals surface area (Å²) in [7, 11) is 0. The Morgan fingerprint density at radius 1 is 1.33 bits per heavy atom. The second-order valence-electron chi connectivity index (χ2n) is 4.57. The Hall–Kier alpha value is -2.02. The molecule has 0 spiro atoms. The van der Waals surface area contributed by atoms with Crippen LogP contribution in [0.15, 0.2) is 30.5 Å². The van der Waals surface area contributed by atoms with Gasteiger partial charge in [0.25, 0.3) is 0 Å². The van der Waals surface area contributed by atoms with Crippen molar-refractivity contribution >= 4 is 34.2 Å². The van der Waals surface area contributed by atoms with Gasteiger partial charge < -0.3 is 10.4 Å². The van der Waals surface area contributed by atoms with Crippen LogP contribution in [0.25, 0.3) is 10.9 Å². The average molecular weight is 319 g/mol. The number of carboxylic acids is 1. The molecule has 0 aliphatic carbocycles. The molecule has 1 heterocycles. The molecule has 1 unspecified atom stereocenters. The van der Waals surface area contributed by atoms with Crippen LogP contribution in [-0.4, -0.2) is 27.8 Å². The maximum atomic E-state index is 13.0. The minimum Gasteiger partial charge on any atom is -0.479 e. The van der Waals surface area contributed by atoms with Gasteiger partial charge in [0.15, 0.2) is 0 Å². The molecule has 0 bridgehead atoms. The third kappa shape index (κ3) is 2.73. The summed E-state index contributed by atoms with van der Waals surface area (Å²) in [5.74, 6) is -2.02. The maximum Gasteiger partial charge on any atom is 0.422 e. The van der Waals surface area contributed by atoms with E-state index in [2.05, 4.69) is 4.98 Å². The number of rotatable bonds is 3. The molecule has 0 amide bonds. The monoisotopic (exact) mass is 318 g/mol. The molecule has 8 heteroatoms. The molecule has 112 valence electrons. The van der Waals surface area contributed by atoms with Crippen LogP contribution in [0.1, 0.15) is 6.92 Å². The summed E-state index contributed by atoms with van der Waals surface area (Å²) in [5.41, 5.74) is -2.73. The maximum absolute atomic E-state index is 13.0. The third-order valence-electron chi connectivity index (χ3n) is 3.08. The van der Waals surface area contributed by atoms with E-state index in [-0.39, 0.29) is 5.69 Å². The molecule has 4 nitrogen and oxygen atoms in total. The number of halogens is 4. The number of hydrogen-bond donors (Lipinski definition) is 2. The fourth-order valence-electron chi connectivity index (χ4n) is 1.75. The Bertz CT molecular complexity index is 705. The number of aromatic nitrogens is 1. The average Bonchev–Trinajstić information content (AvgIpc) is 2.36. The molecule has 2 aromatic rings. The zero-order chi connectivity index (χ0) is 15.8. The first-order valence-corrected chi connectivity index (χ1v) is 6.15. The second-order valence-corrected chi connectivity index (χ2v) is 5.01. The quantitative estimate of drug-likeness (QED) is 0.905. The number of nitrogens with one attached hydrogen (secondary N) is 1. The normalized spacial score (nSPS) is 14.7. The van der Waals surface area contributed by atoms with Gasteiger partial charge in [-0.1, -0.05) is 11.6 Å². The predicted molar refractivity (Wildman–Crippen MR) is 72.5 cm³/mol. The van der Waals surface area contributed by atoms with E-state index in [9.17, 15) is 18.0 Å². The molecule has 0 aliphatic rings. The van der Waals surface area contributed by atoms with E-state index in [1.165, 1.54) is 30.5 Å². The molecule has 1 aromatic carbocycles. The van der Waals surface area contributed by atoms with Crippen molar-refractivity contribution in [2.75, 3.05) is 5.32 Å². The Morgan fingerprint density at radius 2 is 2.00 bits per heavy atom. The molecule has 2 N–H and O–H groups in total. The van der Waals surface area contributed by atoms with E-state index in [1.54, 1.807) is 0 Å². The molecular formula is C13H10ClF3N2O2. The highest BCUT2D eigenvalue weighted by atomic mass is 35.5. The van der Waals surface area contributed by atoms with Gasteiger partial charge in [-0.25, -0.2) is 4.79 Å². The van der Waals surface area contributed by atoms with Crippen molar-refractivity contribution in [2.45, 2.75) is 18.6 Å². The van der Waals surface area contributed by atoms with E-state index < -0.39 is 17.7 Å². The lowest BCUT2D eigenvalue weighted by Crippen LogP contribution is -2.55. The smallest absolute Gasteiger partial charge is 0.422 e. The van der Waals surface area contributed by atoms with Gasteiger partial charge in [0.2, 0.25) is 5.54 Å². The highest BCUT2D eigenvalue weighted by molar-refractivity contribution is 6.31. The standard InChI is InChI=1S/C13H10ClF3N2O2/c1-12(11(20)21,13(15,16)17)19-9-4-5-18-10-6-7(14)2-3-8(9)10/h2-6H,1H3,(H,18,19)(H,20,21). The SMILES string of the molecule is CC(Nc1ccnc2cc(Cl)ccc12)(C(=O)O)C(F)(F)F. The Morgan fingerprint density at radius 3 is 2.57 bits per heavy atom. The fourth-order valence-corrected chi connectivity index (χ4v) is 1.91. The Labute approximate surface area is 122 Å². The van der Waals surface area contributed by atoms with Crippen LogP contribution in [0.5, 0.6) is 0 Å². The lowest BCUT2D eigenvalue weighted by Gasteiger charge is -2.30. The van der Waals surface area contributed by atoms with Crippen LogP contribution in [0.2, 0.25) is 5.02 Å². The molecule has 0 aliphatic heterocycles. The first kappa shape index (κ1) is 15.4. The predicted octanol–water partition coefficient (Wildman–Crippen LogP) is 3.71. The van der Waals surface area contributed by atoms with Crippen molar-refractivity contribution in [1.29, 1.82) is 0 Å². The lowest BCUT2D eigenvalue weighted by molar-refractivity contribution is -0.192. The fraction of sp³-hybridized carbons (Fsp3) is 0.231. The number of anilines is 1. The van der Waals surface area contributed by atoms with Crippen molar-refractivity contribution in [1.82, 2.24) is 4.98 Å². The number of hydrogen-bond acceptors (Lipinski definition) is 3. The van der Waals surface area contributed by atoms with E-state index >= 15 is 0 Å². The molecule has 1 atom stereocenters. The van der Waals surface area contributed by atoms with Gasteiger partial charge in [-0.3, -0.25) is 4.98 Å². The van der Waals surface area contributed by atoms with Crippen molar-refractivity contribution < 1.29 is 23.1 Å². The van der Waals surface area contributed by atoms with Crippen LogP contribution in [0.3, 0.4) is 0 Å². The number of benzene rings is 1. The van der Waals surface area contributed by atoms with Crippen LogP contribution in [0, 0.1) is 0 Å². The Balaban J connectivity index is 2.55. The zero-order valence-corrected chi connectivity index (χ0v) is 11.5. The molecule has 0 fully saturated rings. The summed E-state index contributed by atoms with van der Waals surface area (Å²) < 4.78 is 39.1. The van der Waals surface area contributed by atoms with Crippen molar-refractivity contribution in [3.05, 3.63) is 35.5 Å². The minimum atomic E-state index is -4.97. The van der Waals surface area contributed by atoms with Crippen LogP contribution >= 0.6 is 11.6 Å². The number of fused-ring (bicyclic) bond motifs is 1. The van der Waals surface area contributed by atoms with E-state index in [0.29, 0.717) is 22.8 Å². The molecule has 0 saturated heterocycles. The molecule has 2 rings (SSSR count). The molecule has 0 saturated carbocycles. The first-order valence-electron chi connectivity index (χ1n) is 5.78. The number of nitrogens with zero attached hydrogens (tertiary/aromatic N) is 1. The number of pyridine rings is 1. The topological polar surface area (TPSA) is 62.2 Å². The van der Waals surface area contributed by atoms with Crippen LogP contribution < -0.4 is 5.32 Å². The van der Waals surface area contributed by atoms with Crippen molar-refractivity contribution in [3.63, 3.8) is 0 Å². The Kier molecular flexibility index (Phi) is 3.71. The van der Waals surface area contributed by atoms with E-state index in [0.717, 1.165) is 0 Å². The third-order valence-corrected chi connectivity index (χ3v) is 3.32. The second kappa shape index (κ2) is 5.07. The van der Waals surface area contributed by atoms with Crippen LogP contribution in [-0.2, 0) is 4.79 Å². The highest BCUT2D eigenvalue weighted by Crippen LogP contribution is 2.35. The van der Waals surface area contributed by atoms with Gasteiger partial charge in [0, 0.05) is 22.3 Å². The summed E-state index contributed by atoms with van der Waals surface area (Å²) in [5, 5.41) is 11.7. The van der Waals surface area contributed by atoms with Crippen LogP contribution in [0.4, 0.5) is 18.9 Å². The van der Waals surface area contributed by atoms with Crippen molar-refractivity contribution in [3.8, 4) is 0 Å². The van der Waals surface area contributed by atoms with Gasteiger partial charge in [-0.15, -0.1) is 0 Å². The van der Waals surface area contributed by atoms with Gasteiger partial charge in [-0.05, 0) is 31.2 Å². The summed E-state index contributed by atoms with van der Waals surface area (Å²) in [6.07, 6.45) is -3.69. The van der Waals surface area contributed by atoms with E-state index in [4.69, 9.17) is 16.7 Å². The molecule has 1 aromatic heterocycles. The van der Waals surface area contributed by atoms with E-state index in [1.807, 2.05) is 5.32 Å². The number of carboxylic acid groups (broad SMARTS) is 1. The summed E-state index contributed by atoms with van der Waals surface area (Å²) in [6, 6.07) is 5.73. The number of aliphatic carboxylic acids is 1. The first-order chi connectivity index (χ1) is 9.65. The van der Waals surface area contributed by atoms with Gasteiger partial charge in [0.1, 0.15) is 0 Å². The zero-order valence-electron chi connectivity index (χ0n) is 10.7. The number of carbonyl (C=O) groups is 1. The van der Waals surface area contributed by atoms with Gasteiger partial charge in [-0.2, -0.15) is 13.2 Å². The largest absolute Gasteiger partial charge is 0.479 e. The molecule has 0 radical (unpaired) electrons. The molecule has 21 heavy (non-hydrogen) atoms. The van der Waals surface area contributed by atoms with Gasteiger partial charge in [0.05, 0.1) is 5.52 Å². The van der Waals surface area contributed by atoms with Gasteiger partial charge >= 0.3 is 12.1 Å². The lowest BCUT2D eigenvalue weighted by atomic mass is 10.0. The highest BCUT2D eigenvalue weighted by Gasteiger charge is 2.57.